The van der Waals surface area contributed by atoms with Crippen LogP contribution in [-0.2, 0) is 14.3 Å². The van der Waals surface area contributed by atoms with Crippen LogP contribution in [0.15, 0.2) is 0 Å². The lowest BCUT2D eigenvalue weighted by Gasteiger charge is -2.49. The summed E-state index contributed by atoms with van der Waals surface area (Å²) in [5.74, 6) is -1.70. The Morgan fingerprint density at radius 1 is 1.42 bits per heavy atom. The first kappa shape index (κ1) is 14.1. The quantitative estimate of drug-likeness (QED) is 0.809. The smallest absolute Gasteiger partial charge is 0.368 e. The van der Waals surface area contributed by atoms with Crippen LogP contribution in [0, 0.1) is 5.92 Å². The Hall–Kier alpha value is -1.31. The van der Waals surface area contributed by atoms with Crippen LogP contribution in [-0.4, -0.2) is 55.2 Å². The second-order valence-electron chi connectivity index (χ2n) is 4.75. The molecule has 0 bridgehead atoms. The number of rotatable bonds is 3. The summed E-state index contributed by atoms with van der Waals surface area (Å²) in [6, 6.07) is -1.11. The molecule has 2 heterocycles. The van der Waals surface area contributed by atoms with Crippen molar-refractivity contribution in [3.8, 4) is 0 Å². The van der Waals surface area contributed by atoms with Crippen molar-refractivity contribution >= 4 is 11.8 Å². The summed E-state index contributed by atoms with van der Waals surface area (Å²) in [5.41, 5.74) is 0. The predicted molar refractivity (Wildman–Crippen MR) is 58.1 cm³/mol. The zero-order valence-electron chi connectivity index (χ0n) is 10.4. The van der Waals surface area contributed by atoms with Crippen molar-refractivity contribution in [1.29, 1.82) is 0 Å². The number of ether oxygens (including phenoxy) is 1. The first-order chi connectivity index (χ1) is 8.83. The van der Waals surface area contributed by atoms with E-state index < -0.39 is 42.5 Å². The molecule has 2 aliphatic rings. The number of carbonyl (C=O) groups is 2. The number of hydrogen-bond donors (Lipinski definition) is 1. The van der Waals surface area contributed by atoms with Crippen molar-refractivity contribution in [2.75, 3.05) is 20.2 Å². The van der Waals surface area contributed by atoms with Crippen LogP contribution in [0.4, 0.5) is 13.2 Å². The third-order valence-electron chi connectivity index (χ3n) is 3.54. The standard InChI is InChI=1S/C11H15F3N2O3/c1-15-9(17)6-5-16(7(6)4-11(12,13)14)10(18)8-2-3-19-8/h6-8H,2-5H2,1H3,(H,15,17). The van der Waals surface area contributed by atoms with E-state index in [1.54, 1.807) is 0 Å². The normalized spacial score (nSPS) is 30.3. The zero-order chi connectivity index (χ0) is 14.2. The van der Waals surface area contributed by atoms with Gasteiger partial charge in [-0.1, -0.05) is 0 Å². The van der Waals surface area contributed by atoms with Crippen molar-refractivity contribution in [1.82, 2.24) is 10.2 Å². The third-order valence-corrected chi connectivity index (χ3v) is 3.54. The Bertz CT molecular complexity index is 382. The second-order valence-corrected chi connectivity index (χ2v) is 4.75. The summed E-state index contributed by atoms with van der Waals surface area (Å²) in [6.07, 6.45) is -5.68. The monoisotopic (exact) mass is 280 g/mol. The zero-order valence-corrected chi connectivity index (χ0v) is 10.4. The molecular formula is C11H15F3N2O3. The van der Waals surface area contributed by atoms with E-state index in [0.717, 1.165) is 4.90 Å². The van der Waals surface area contributed by atoms with Crippen LogP contribution in [0.25, 0.3) is 0 Å². The largest absolute Gasteiger partial charge is 0.391 e. The maximum Gasteiger partial charge on any atom is 0.391 e. The average molecular weight is 280 g/mol. The summed E-state index contributed by atoms with van der Waals surface area (Å²) >= 11 is 0. The van der Waals surface area contributed by atoms with Gasteiger partial charge in [-0.3, -0.25) is 9.59 Å². The minimum absolute atomic E-state index is 0.0269. The molecule has 2 amide bonds. The lowest BCUT2D eigenvalue weighted by atomic mass is 9.84. The molecule has 3 unspecified atom stereocenters. The van der Waals surface area contributed by atoms with E-state index in [1.807, 2.05) is 0 Å². The Morgan fingerprint density at radius 2 is 2.05 bits per heavy atom. The fraction of sp³-hybridized carbons (Fsp3) is 0.818. The van der Waals surface area contributed by atoms with Crippen molar-refractivity contribution in [3.05, 3.63) is 0 Å². The molecule has 108 valence electrons. The number of carbonyl (C=O) groups excluding carboxylic acids is 2. The summed E-state index contributed by atoms with van der Waals surface area (Å²) in [4.78, 5) is 24.4. The molecule has 2 fully saturated rings. The van der Waals surface area contributed by atoms with Crippen LogP contribution in [0.5, 0.6) is 0 Å². The fourth-order valence-corrected chi connectivity index (χ4v) is 2.35. The van der Waals surface area contributed by atoms with Gasteiger partial charge >= 0.3 is 6.18 Å². The van der Waals surface area contributed by atoms with Crippen LogP contribution in [0.2, 0.25) is 0 Å². The number of nitrogens with zero attached hydrogens (tertiary/aromatic N) is 1. The highest BCUT2D eigenvalue weighted by Gasteiger charge is 2.52. The van der Waals surface area contributed by atoms with Gasteiger partial charge in [-0.05, 0) is 0 Å². The maximum absolute atomic E-state index is 12.5. The summed E-state index contributed by atoms with van der Waals surface area (Å²) < 4.78 is 42.5. The Labute approximate surface area is 108 Å². The molecule has 2 aliphatic heterocycles. The van der Waals surface area contributed by atoms with E-state index in [-0.39, 0.29) is 6.54 Å². The number of hydrogen-bond acceptors (Lipinski definition) is 3. The van der Waals surface area contributed by atoms with Crippen molar-refractivity contribution in [3.63, 3.8) is 0 Å². The Balaban J connectivity index is 2.03. The molecule has 2 saturated heterocycles. The fourth-order valence-electron chi connectivity index (χ4n) is 2.35. The van der Waals surface area contributed by atoms with E-state index in [2.05, 4.69) is 5.32 Å². The summed E-state index contributed by atoms with van der Waals surface area (Å²) in [7, 11) is 1.37. The number of halogens is 3. The van der Waals surface area contributed by atoms with Gasteiger partial charge in [0.1, 0.15) is 6.10 Å². The Morgan fingerprint density at radius 3 is 2.47 bits per heavy atom. The molecule has 2 rings (SSSR count). The lowest BCUT2D eigenvalue weighted by molar-refractivity contribution is -0.188. The number of nitrogens with one attached hydrogen (secondary N) is 1. The highest BCUT2D eigenvalue weighted by Crippen LogP contribution is 2.36. The molecule has 0 saturated carbocycles. The van der Waals surface area contributed by atoms with Gasteiger partial charge in [-0.25, -0.2) is 0 Å². The number of likely N-dealkylation sites (tertiary alicyclic amines) is 1. The van der Waals surface area contributed by atoms with E-state index in [0.29, 0.717) is 13.0 Å². The van der Waals surface area contributed by atoms with Gasteiger partial charge in [0.25, 0.3) is 5.91 Å². The minimum Gasteiger partial charge on any atom is -0.368 e. The molecule has 0 aliphatic carbocycles. The Kier molecular flexibility index (Phi) is 3.71. The lowest BCUT2D eigenvalue weighted by Crippen LogP contribution is -2.66. The third kappa shape index (κ3) is 2.83. The molecule has 0 aromatic heterocycles. The van der Waals surface area contributed by atoms with Crippen LogP contribution >= 0.6 is 0 Å². The molecular weight excluding hydrogens is 265 g/mol. The number of amides is 2. The van der Waals surface area contributed by atoms with Gasteiger partial charge in [0.15, 0.2) is 0 Å². The van der Waals surface area contributed by atoms with Crippen LogP contribution < -0.4 is 5.32 Å². The van der Waals surface area contributed by atoms with Crippen molar-refractivity contribution in [2.45, 2.75) is 31.2 Å². The van der Waals surface area contributed by atoms with Gasteiger partial charge < -0.3 is 15.0 Å². The highest BCUT2D eigenvalue weighted by atomic mass is 19.4. The van der Waals surface area contributed by atoms with E-state index >= 15 is 0 Å². The van der Waals surface area contributed by atoms with Crippen molar-refractivity contribution < 1.29 is 27.5 Å². The van der Waals surface area contributed by atoms with E-state index in [1.165, 1.54) is 7.05 Å². The molecule has 0 spiro atoms. The molecule has 0 aromatic carbocycles. The van der Waals surface area contributed by atoms with Gasteiger partial charge in [0, 0.05) is 20.0 Å². The first-order valence-electron chi connectivity index (χ1n) is 6.04. The molecule has 0 aromatic rings. The first-order valence-corrected chi connectivity index (χ1v) is 6.04. The molecule has 8 heteroatoms. The van der Waals surface area contributed by atoms with E-state index in [4.69, 9.17) is 4.74 Å². The number of alkyl halides is 3. The van der Waals surface area contributed by atoms with Crippen molar-refractivity contribution in [2.24, 2.45) is 5.92 Å². The molecule has 3 atom stereocenters. The molecule has 19 heavy (non-hydrogen) atoms. The molecule has 0 radical (unpaired) electrons. The molecule has 5 nitrogen and oxygen atoms in total. The summed E-state index contributed by atoms with van der Waals surface area (Å²) in [6.45, 7) is 0.478. The predicted octanol–water partition coefficient (Wildman–Crippen LogP) is 0.301. The topological polar surface area (TPSA) is 58.6 Å². The van der Waals surface area contributed by atoms with Crippen LogP contribution in [0.3, 0.4) is 0 Å². The SMILES string of the molecule is CNC(=O)C1CN(C(=O)C2CCO2)C1CC(F)(F)F. The van der Waals surface area contributed by atoms with Gasteiger partial charge in [-0.2, -0.15) is 13.2 Å². The maximum atomic E-state index is 12.5. The summed E-state index contributed by atoms with van der Waals surface area (Å²) in [5, 5.41) is 2.32. The van der Waals surface area contributed by atoms with Gasteiger partial charge in [0.05, 0.1) is 25.0 Å². The highest BCUT2D eigenvalue weighted by molar-refractivity contribution is 5.87. The van der Waals surface area contributed by atoms with Gasteiger partial charge in [0.2, 0.25) is 5.91 Å². The molecule has 1 N–H and O–H groups in total. The average Bonchev–Trinajstić information content (AvgIpc) is 2.20. The van der Waals surface area contributed by atoms with Gasteiger partial charge in [-0.15, -0.1) is 0 Å². The second kappa shape index (κ2) is 4.99. The van der Waals surface area contributed by atoms with E-state index in [9.17, 15) is 22.8 Å². The minimum atomic E-state index is -4.41. The van der Waals surface area contributed by atoms with Crippen LogP contribution in [0.1, 0.15) is 12.8 Å².